The molecule has 8 heteroatoms. The van der Waals surface area contributed by atoms with Gasteiger partial charge in [0.25, 0.3) is 0 Å². The zero-order chi connectivity index (χ0) is 21.8. The average molecular weight is 408 g/mol. The van der Waals surface area contributed by atoms with Crippen molar-refractivity contribution in [2.45, 2.75) is 12.5 Å². The van der Waals surface area contributed by atoms with Gasteiger partial charge in [-0.05, 0) is 29.8 Å². The van der Waals surface area contributed by atoms with E-state index in [1.165, 1.54) is 24.3 Å². The number of hydrogen-bond donors (Lipinski definition) is 1. The van der Waals surface area contributed by atoms with Crippen molar-refractivity contribution < 1.29 is 37.4 Å². The first-order chi connectivity index (χ1) is 13.5. The smallest absolute Gasteiger partial charge is 0.341 e. The zero-order valence-electron chi connectivity index (χ0n) is 16.7. The summed E-state index contributed by atoms with van der Waals surface area (Å²) in [5, 5.41) is 10.0. The van der Waals surface area contributed by atoms with Crippen molar-refractivity contribution in [1.82, 2.24) is 0 Å². The summed E-state index contributed by atoms with van der Waals surface area (Å²) < 4.78 is 37.6. The van der Waals surface area contributed by atoms with Crippen molar-refractivity contribution in [3.8, 4) is 16.9 Å². The van der Waals surface area contributed by atoms with Crippen molar-refractivity contribution in [3.63, 3.8) is 0 Å². The molecule has 0 saturated heterocycles. The Balaban J connectivity index is 2.28. The Labute approximate surface area is 167 Å². The number of rotatable bonds is 7. The zero-order valence-corrected chi connectivity index (χ0v) is 16.7. The molecular weight excluding hydrogens is 384 g/mol. The van der Waals surface area contributed by atoms with Crippen LogP contribution in [0, 0.1) is 11.6 Å². The molecule has 1 unspecified atom stereocenters. The van der Waals surface area contributed by atoms with E-state index in [4.69, 9.17) is 9.47 Å². The summed E-state index contributed by atoms with van der Waals surface area (Å²) in [6.45, 7) is 0.335. The molecule has 0 radical (unpaired) electrons. The Morgan fingerprint density at radius 3 is 2.38 bits per heavy atom. The Morgan fingerprint density at radius 2 is 1.79 bits per heavy atom. The van der Waals surface area contributed by atoms with Gasteiger partial charge in [-0.3, -0.25) is 4.79 Å². The lowest BCUT2D eigenvalue weighted by Gasteiger charge is -2.26. The van der Waals surface area contributed by atoms with Crippen LogP contribution in [0.15, 0.2) is 36.4 Å². The summed E-state index contributed by atoms with van der Waals surface area (Å²) >= 11 is 0. The third-order valence-electron chi connectivity index (χ3n) is 4.01. The number of aliphatic hydroxyl groups excluding tert-OH is 1. The highest BCUT2D eigenvalue weighted by Gasteiger charge is 2.22. The molecule has 0 bridgehead atoms. The molecule has 0 fully saturated rings. The lowest BCUT2D eigenvalue weighted by atomic mass is 10.0. The summed E-state index contributed by atoms with van der Waals surface area (Å²) in [4.78, 5) is 24.3. The van der Waals surface area contributed by atoms with E-state index in [9.17, 15) is 23.5 Å². The molecule has 0 amide bonds. The maximum atomic E-state index is 14.1. The van der Waals surface area contributed by atoms with Crippen LogP contribution in [0.1, 0.15) is 16.8 Å². The fourth-order valence-electron chi connectivity index (χ4n) is 2.83. The van der Waals surface area contributed by atoms with Crippen LogP contribution in [0.4, 0.5) is 8.78 Å². The molecule has 0 heterocycles. The summed E-state index contributed by atoms with van der Waals surface area (Å²) in [5.41, 5.74) is 0.267. The minimum Gasteiger partial charge on any atom is -0.465 e. The Morgan fingerprint density at radius 1 is 1.10 bits per heavy atom. The molecule has 6 nitrogen and oxygen atoms in total. The molecule has 2 rings (SSSR count). The maximum absolute atomic E-state index is 14.1. The third-order valence-corrected chi connectivity index (χ3v) is 4.01. The van der Waals surface area contributed by atoms with Gasteiger partial charge < -0.3 is 19.1 Å². The standard InChI is InChI=1S/C21H24F2NO5/c1-24(2,3)12-15(25)11-20(26)29-19-8-5-13(9-17(19)21(27)28-4)16-7-6-14(22)10-18(16)23/h5-10,15,25H,11-12H2,1-4H3/q+1. The van der Waals surface area contributed by atoms with Crippen LogP contribution >= 0.6 is 0 Å². The van der Waals surface area contributed by atoms with E-state index in [2.05, 4.69) is 0 Å². The molecule has 1 N–H and O–H groups in total. The molecule has 0 saturated carbocycles. The SMILES string of the molecule is COC(=O)c1cc(-c2ccc(F)cc2F)ccc1OC(=O)CC(O)C[N+](C)(C)C. The second-order valence-electron chi connectivity index (χ2n) is 7.63. The van der Waals surface area contributed by atoms with E-state index >= 15 is 0 Å². The molecule has 0 aliphatic carbocycles. The molecule has 0 aliphatic rings. The molecule has 29 heavy (non-hydrogen) atoms. The van der Waals surface area contributed by atoms with Gasteiger partial charge in [0.05, 0.1) is 34.7 Å². The Hall–Kier alpha value is -2.84. The minimum absolute atomic E-state index is 0.0767. The van der Waals surface area contributed by atoms with Gasteiger partial charge in [-0.2, -0.15) is 0 Å². The number of hydrogen-bond acceptors (Lipinski definition) is 5. The number of benzene rings is 2. The van der Waals surface area contributed by atoms with Gasteiger partial charge in [0.1, 0.15) is 35.6 Å². The maximum Gasteiger partial charge on any atom is 0.341 e. The van der Waals surface area contributed by atoms with Gasteiger partial charge >= 0.3 is 11.9 Å². The van der Waals surface area contributed by atoms with E-state index in [1.54, 1.807) is 0 Å². The molecule has 1 atom stereocenters. The highest BCUT2D eigenvalue weighted by Crippen LogP contribution is 2.29. The van der Waals surface area contributed by atoms with Crippen LogP contribution in [0.5, 0.6) is 5.75 Å². The van der Waals surface area contributed by atoms with E-state index in [-0.39, 0.29) is 28.9 Å². The Bertz CT molecular complexity index is 908. The summed E-state index contributed by atoms with van der Waals surface area (Å²) in [5.74, 6) is -3.11. The third kappa shape index (κ3) is 6.33. The number of aliphatic hydroxyl groups is 1. The van der Waals surface area contributed by atoms with Gasteiger partial charge in [-0.1, -0.05) is 6.07 Å². The summed E-state index contributed by atoms with van der Waals surface area (Å²) in [7, 11) is 6.77. The van der Waals surface area contributed by atoms with Gasteiger partial charge in [0.2, 0.25) is 0 Å². The number of nitrogens with zero attached hydrogens (tertiary/aromatic N) is 1. The molecule has 156 valence electrons. The number of methoxy groups -OCH3 is 1. The monoisotopic (exact) mass is 408 g/mol. The quantitative estimate of drug-likeness (QED) is 0.433. The molecule has 0 aromatic heterocycles. The lowest BCUT2D eigenvalue weighted by molar-refractivity contribution is -0.873. The van der Waals surface area contributed by atoms with Crippen molar-refractivity contribution in [3.05, 3.63) is 53.6 Å². The van der Waals surface area contributed by atoms with Gasteiger partial charge in [-0.25, -0.2) is 13.6 Å². The highest BCUT2D eigenvalue weighted by atomic mass is 19.1. The first-order valence-corrected chi connectivity index (χ1v) is 8.87. The first-order valence-electron chi connectivity index (χ1n) is 8.87. The average Bonchev–Trinajstić information content (AvgIpc) is 2.59. The van der Waals surface area contributed by atoms with Crippen LogP contribution in [-0.4, -0.2) is 62.4 Å². The largest absolute Gasteiger partial charge is 0.465 e. The van der Waals surface area contributed by atoms with E-state index in [1.807, 2.05) is 21.1 Å². The predicted octanol–water partition coefficient (Wildman–Crippen LogP) is 2.78. The Kier molecular flexibility index (Phi) is 7.05. The topological polar surface area (TPSA) is 72.8 Å². The first kappa shape index (κ1) is 22.4. The highest BCUT2D eigenvalue weighted by molar-refractivity contribution is 5.95. The van der Waals surface area contributed by atoms with Gasteiger partial charge in [-0.15, -0.1) is 0 Å². The minimum atomic E-state index is -0.920. The number of ether oxygens (including phenoxy) is 2. The fourth-order valence-corrected chi connectivity index (χ4v) is 2.83. The van der Waals surface area contributed by atoms with Crippen molar-refractivity contribution in [1.29, 1.82) is 0 Å². The number of likely N-dealkylation sites (N-methyl/N-ethyl adjacent to an activating group) is 1. The van der Waals surface area contributed by atoms with Crippen LogP contribution in [0.3, 0.4) is 0 Å². The van der Waals surface area contributed by atoms with E-state index < -0.39 is 29.7 Å². The van der Waals surface area contributed by atoms with Crippen molar-refractivity contribution >= 4 is 11.9 Å². The molecule has 0 aliphatic heterocycles. The molecular formula is C21H24F2NO5+. The van der Waals surface area contributed by atoms with Crippen molar-refractivity contribution in [2.24, 2.45) is 0 Å². The number of quaternary nitrogens is 1. The predicted molar refractivity (Wildman–Crippen MR) is 102 cm³/mol. The second kappa shape index (κ2) is 9.11. The normalized spacial score (nSPS) is 12.4. The van der Waals surface area contributed by atoms with E-state index in [0.29, 0.717) is 11.0 Å². The number of carbonyl (C=O) groups is 2. The summed E-state index contributed by atoms with van der Waals surface area (Å²) in [6.07, 6.45) is -1.18. The van der Waals surface area contributed by atoms with Gasteiger partial charge in [0, 0.05) is 11.6 Å². The van der Waals surface area contributed by atoms with Crippen molar-refractivity contribution in [2.75, 3.05) is 34.8 Å². The number of esters is 2. The van der Waals surface area contributed by atoms with Crippen LogP contribution in [-0.2, 0) is 9.53 Å². The molecule has 2 aromatic carbocycles. The number of halogens is 2. The van der Waals surface area contributed by atoms with Crippen LogP contribution in [0.25, 0.3) is 11.1 Å². The van der Waals surface area contributed by atoms with Crippen LogP contribution in [0.2, 0.25) is 0 Å². The number of carbonyl (C=O) groups excluding carboxylic acids is 2. The molecule has 2 aromatic rings. The molecule has 0 spiro atoms. The fraction of sp³-hybridized carbons (Fsp3) is 0.333. The van der Waals surface area contributed by atoms with Crippen LogP contribution < -0.4 is 4.74 Å². The van der Waals surface area contributed by atoms with Gasteiger partial charge in [0.15, 0.2) is 0 Å². The summed E-state index contributed by atoms with van der Waals surface area (Å²) in [6, 6.07) is 7.14. The lowest BCUT2D eigenvalue weighted by Crippen LogP contribution is -2.42. The second-order valence-corrected chi connectivity index (χ2v) is 7.63. The van der Waals surface area contributed by atoms with E-state index in [0.717, 1.165) is 19.2 Å².